The number of nitrogens with one attached hydrogen (secondary N) is 1. The van der Waals surface area contributed by atoms with Gasteiger partial charge in [-0.3, -0.25) is 4.79 Å². The molecule has 0 spiro atoms. The predicted octanol–water partition coefficient (Wildman–Crippen LogP) is 3.36. The molecule has 1 amide bonds. The third-order valence-corrected chi connectivity index (χ3v) is 6.20. The van der Waals surface area contributed by atoms with Gasteiger partial charge < -0.3 is 24.3 Å². The molecule has 1 saturated heterocycles. The molecular formula is C22H21N5O3S. The Hall–Kier alpha value is -3.46. The minimum Gasteiger partial charge on any atom is -0.508 e. The number of hydrogen-bond acceptors (Lipinski definition) is 7. The third kappa shape index (κ3) is 4.09. The second-order valence-electron chi connectivity index (χ2n) is 7.29. The van der Waals surface area contributed by atoms with Crippen molar-refractivity contribution in [1.82, 2.24) is 20.1 Å². The number of carbonyl (C=O) groups excluding carboxylic acids is 1. The molecule has 0 bridgehead atoms. The van der Waals surface area contributed by atoms with Crippen molar-refractivity contribution in [3.63, 3.8) is 0 Å². The number of piperazine rings is 1. The van der Waals surface area contributed by atoms with Gasteiger partial charge in [0.2, 0.25) is 5.91 Å². The van der Waals surface area contributed by atoms with Crippen LogP contribution in [-0.2, 0) is 4.79 Å². The maximum Gasteiger partial charge on any atom is 0.277 e. The molecule has 0 atom stereocenters. The summed E-state index contributed by atoms with van der Waals surface area (Å²) in [5, 5.41) is 19.1. The quantitative estimate of drug-likeness (QED) is 0.464. The summed E-state index contributed by atoms with van der Waals surface area (Å²) >= 11 is 1.26. The number of phenolic OH excluding ortho intramolecular Hbond substituents is 1. The van der Waals surface area contributed by atoms with Crippen LogP contribution < -0.4 is 4.90 Å². The van der Waals surface area contributed by atoms with E-state index < -0.39 is 0 Å². The van der Waals surface area contributed by atoms with Crippen LogP contribution in [0.15, 0.2) is 64.4 Å². The van der Waals surface area contributed by atoms with Crippen LogP contribution in [0.2, 0.25) is 0 Å². The molecule has 1 fully saturated rings. The lowest BCUT2D eigenvalue weighted by Crippen LogP contribution is -2.49. The van der Waals surface area contributed by atoms with E-state index in [1.165, 1.54) is 11.8 Å². The fourth-order valence-corrected chi connectivity index (χ4v) is 4.38. The van der Waals surface area contributed by atoms with Crippen molar-refractivity contribution in [2.75, 3.05) is 36.8 Å². The Morgan fingerprint density at radius 3 is 2.65 bits per heavy atom. The van der Waals surface area contributed by atoms with E-state index in [1.54, 1.807) is 12.1 Å². The van der Waals surface area contributed by atoms with Gasteiger partial charge in [-0.25, -0.2) is 0 Å². The lowest BCUT2D eigenvalue weighted by Gasteiger charge is -2.36. The number of phenols is 1. The molecule has 4 aromatic rings. The molecule has 158 valence electrons. The summed E-state index contributed by atoms with van der Waals surface area (Å²) < 4.78 is 5.78. The topological polar surface area (TPSA) is 98.5 Å². The number of carbonyl (C=O) groups is 1. The van der Waals surface area contributed by atoms with Crippen molar-refractivity contribution in [2.45, 2.75) is 5.22 Å². The molecule has 31 heavy (non-hydrogen) atoms. The van der Waals surface area contributed by atoms with Crippen LogP contribution in [0, 0.1) is 0 Å². The fraction of sp³-hybridized carbons (Fsp3) is 0.227. The van der Waals surface area contributed by atoms with E-state index in [9.17, 15) is 9.90 Å². The van der Waals surface area contributed by atoms with Gasteiger partial charge in [0.15, 0.2) is 0 Å². The van der Waals surface area contributed by atoms with Gasteiger partial charge in [-0.05, 0) is 30.3 Å². The van der Waals surface area contributed by atoms with E-state index in [0.717, 1.165) is 35.2 Å². The summed E-state index contributed by atoms with van der Waals surface area (Å²) in [6, 6.07) is 15.1. The molecule has 0 radical (unpaired) electrons. The summed E-state index contributed by atoms with van der Waals surface area (Å²) in [6.07, 6.45) is 1.85. The summed E-state index contributed by atoms with van der Waals surface area (Å²) in [5.74, 6) is 1.01. The largest absolute Gasteiger partial charge is 0.508 e. The summed E-state index contributed by atoms with van der Waals surface area (Å²) in [4.78, 5) is 19.9. The van der Waals surface area contributed by atoms with Crippen LogP contribution in [0.3, 0.4) is 0 Å². The molecule has 2 aromatic carbocycles. The number of anilines is 1. The molecule has 1 aliphatic heterocycles. The highest BCUT2D eigenvalue weighted by Crippen LogP contribution is 2.29. The Morgan fingerprint density at radius 1 is 1.06 bits per heavy atom. The van der Waals surface area contributed by atoms with Gasteiger partial charge in [-0.2, -0.15) is 0 Å². The van der Waals surface area contributed by atoms with Crippen LogP contribution in [0.5, 0.6) is 5.75 Å². The van der Waals surface area contributed by atoms with Gasteiger partial charge in [0.25, 0.3) is 11.1 Å². The van der Waals surface area contributed by atoms with Crippen LogP contribution in [-0.4, -0.2) is 63.0 Å². The number of nitrogens with zero attached hydrogens (tertiary/aromatic N) is 4. The molecule has 8 nitrogen and oxygen atoms in total. The number of H-pyrrole nitrogens is 1. The molecule has 1 aliphatic rings. The zero-order valence-electron chi connectivity index (χ0n) is 16.7. The molecule has 3 heterocycles. The number of fused-ring (bicyclic) bond motifs is 1. The number of para-hydroxylation sites is 1. The van der Waals surface area contributed by atoms with Crippen LogP contribution >= 0.6 is 11.8 Å². The standard InChI is InChI=1S/C22H21N5O3S/c28-16-7-5-15(6-8-16)26-9-11-27(12-10-26)20(29)14-31-22-25-24-21(30-22)18-13-23-19-4-2-1-3-17(18)19/h1-8,13,23,28H,9-12,14H2. The van der Waals surface area contributed by atoms with E-state index in [0.29, 0.717) is 24.2 Å². The molecular weight excluding hydrogens is 414 g/mol. The van der Waals surface area contributed by atoms with Gasteiger partial charge in [-0.1, -0.05) is 30.0 Å². The number of hydrogen-bond donors (Lipinski definition) is 2. The fourth-order valence-electron chi connectivity index (χ4n) is 3.72. The first-order chi connectivity index (χ1) is 15.2. The molecule has 2 N–H and O–H groups in total. The summed E-state index contributed by atoms with van der Waals surface area (Å²) in [5.41, 5.74) is 2.91. The maximum absolute atomic E-state index is 12.6. The van der Waals surface area contributed by atoms with Gasteiger partial charge in [-0.15, -0.1) is 10.2 Å². The zero-order chi connectivity index (χ0) is 21.2. The van der Waals surface area contributed by atoms with Gasteiger partial charge in [0.1, 0.15) is 5.75 Å². The van der Waals surface area contributed by atoms with Gasteiger partial charge >= 0.3 is 0 Å². The number of aromatic hydroxyl groups is 1. The molecule has 2 aromatic heterocycles. The highest BCUT2D eigenvalue weighted by Gasteiger charge is 2.22. The zero-order valence-corrected chi connectivity index (χ0v) is 17.5. The Bertz CT molecular complexity index is 1200. The molecule has 0 unspecified atom stereocenters. The Morgan fingerprint density at radius 2 is 1.84 bits per heavy atom. The van der Waals surface area contributed by atoms with E-state index in [2.05, 4.69) is 20.1 Å². The Kier molecular flexibility index (Phi) is 5.25. The van der Waals surface area contributed by atoms with Crippen molar-refractivity contribution in [2.24, 2.45) is 0 Å². The van der Waals surface area contributed by atoms with Crippen LogP contribution in [0.25, 0.3) is 22.4 Å². The van der Waals surface area contributed by atoms with E-state index >= 15 is 0 Å². The second kappa shape index (κ2) is 8.35. The second-order valence-corrected chi connectivity index (χ2v) is 8.22. The lowest BCUT2D eigenvalue weighted by molar-refractivity contribution is -0.128. The minimum absolute atomic E-state index is 0.0576. The first-order valence-electron chi connectivity index (χ1n) is 10.0. The maximum atomic E-state index is 12.6. The van der Waals surface area contributed by atoms with Crippen LogP contribution in [0.1, 0.15) is 0 Å². The number of amides is 1. The first-order valence-corrected chi connectivity index (χ1v) is 11.0. The average Bonchev–Trinajstić information content (AvgIpc) is 3.45. The lowest BCUT2D eigenvalue weighted by atomic mass is 10.2. The molecule has 0 aliphatic carbocycles. The smallest absolute Gasteiger partial charge is 0.277 e. The van der Waals surface area contributed by atoms with Crippen molar-refractivity contribution >= 4 is 34.3 Å². The monoisotopic (exact) mass is 435 g/mol. The molecule has 5 rings (SSSR count). The van der Waals surface area contributed by atoms with Gasteiger partial charge in [0.05, 0.1) is 11.3 Å². The summed E-state index contributed by atoms with van der Waals surface area (Å²) in [6.45, 7) is 2.83. The normalized spacial score (nSPS) is 14.3. The van der Waals surface area contributed by atoms with Crippen molar-refractivity contribution in [1.29, 1.82) is 0 Å². The highest BCUT2D eigenvalue weighted by atomic mass is 32.2. The first kappa shape index (κ1) is 19.5. The molecule has 0 saturated carbocycles. The van der Waals surface area contributed by atoms with Crippen LogP contribution in [0.4, 0.5) is 5.69 Å². The number of benzene rings is 2. The van der Waals surface area contributed by atoms with Crippen molar-refractivity contribution in [3.8, 4) is 17.2 Å². The predicted molar refractivity (Wildman–Crippen MR) is 119 cm³/mol. The van der Waals surface area contributed by atoms with E-state index in [4.69, 9.17) is 4.42 Å². The molecule has 9 heteroatoms. The Labute approximate surface area is 182 Å². The SMILES string of the molecule is O=C(CSc1nnc(-c2c[nH]c3ccccc23)o1)N1CCN(c2ccc(O)cc2)CC1. The summed E-state index contributed by atoms with van der Waals surface area (Å²) in [7, 11) is 0. The number of aromatic nitrogens is 3. The minimum atomic E-state index is 0.0576. The number of thioether (sulfide) groups is 1. The van der Waals surface area contributed by atoms with E-state index in [-0.39, 0.29) is 17.4 Å². The average molecular weight is 436 g/mol. The van der Waals surface area contributed by atoms with E-state index in [1.807, 2.05) is 47.5 Å². The van der Waals surface area contributed by atoms with Crippen molar-refractivity contribution in [3.05, 3.63) is 54.7 Å². The van der Waals surface area contributed by atoms with Gasteiger partial charge in [0, 0.05) is 49.0 Å². The Balaban J connectivity index is 1.16. The number of aromatic amines is 1. The van der Waals surface area contributed by atoms with Crippen molar-refractivity contribution < 1.29 is 14.3 Å². The highest BCUT2D eigenvalue weighted by molar-refractivity contribution is 7.99. The number of rotatable bonds is 5. The third-order valence-electron chi connectivity index (χ3n) is 5.39.